The Bertz CT molecular complexity index is 749. The molecule has 0 spiro atoms. The molecule has 1 saturated carbocycles. The van der Waals surface area contributed by atoms with Crippen molar-refractivity contribution in [2.24, 2.45) is 5.92 Å². The number of amides is 1. The fourth-order valence-electron chi connectivity index (χ4n) is 3.89. The quantitative estimate of drug-likeness (QED) is 0.840. The van der Waals surface area contributed by atoms with Crippen LogP contribution in [0.1, 0.15) is 31.4 Å². The molecule has 2 heterocycles. The maximum Gasteiger partial charge on any atom is 0.224 e. The Morgan fingerprint density at radius 1 is 1.16 bits per heavy atom. The van der Waals surface area contributed by atoms with Crippen molar-refractivity contribution in [3.63, 3.8) is 0 Å². The van der Waals surface area contributed by atoms with Gasteiger partial charge in [0.1, 0.15) is 0 Å². The summed E-state index contributed by atoms with van der Waals surface area (Å²) in [5, 5.41) is 5.80. The summed E-state index contributed by atoms with van der Waals surface area (Å²) in [6.07, 6.45) is 4.43. The van der Waals surface area contributed by atoms with Gasteiger partial charge in [0.25, 0.3) is 0 Å². The van der Waals surface area contributed by atoms with Crippen LogP contribution in [-0.4, -0.2) is 58.2 Å². The minimum Gasteiger partial charge on any atom is -0.341 e. The first-order valence-corrected chi connectivity index (χ1v) is 9.63. The highest BCUT2D eigenvalue weighted by atomic mass is 16.2. The van der Waals surface area contributed by atoms with Gasteiger partial charge in [-0.05, 0) is 44.7 Å². The number of para-hydroxylation sites is 1. The summed E-state index contributed by atoms with van der Waals surface area (Å²) in [6.45, 7) is 7.89. The first-order chi connectivity index (χ1) is 12.2. The average Bonchev–Trinajstić information content (AvgIpc) is 3.42. The van der Waals surface area contributed by atoms with E-state index in [0.29, 0.717) is 13.0 Å². The molecule has 1 aliphatic heterocycles. The number of hydrogen-bond donors (Lipinski definition) is 0. The number of benzene rings is 1. The maximum absolute atomic E-state index is 12.7. The number of carbonyl (C=O) groups is 1. The second-order valence-corrected chi connectivity index (χ2v) is 7.55. The minimum atomic E-state index is 0.269. The lowest BCUT2D eigenvalue weighted by Crippen LogP contribution is -2.36. The number of carbonyl (C=O) groups excluding carboxylic acids is 1. The Hall–Kier alpha value is -1.88. The van der Waals surface area contributed by atoms with E-state index in [1.807, 2.05) is 23.7 Å². The highest BCUT2D eigenvalue weighted by Crippen LogP contribution is 2.30. The van der Waals surface area contributed by atoms with Crippen LogP contribution in [0.2, 0.25) is 0 Å². The normalized spacial score (nSPS) is 19.3. The predicted molar refractivity (Wildman–Crippen MR) is 99.4 cm³/mol. The van der Waals surface area contributed by atoms with Crippen molar-refractivity contribution >= 4 is 16.8 Å². The molecule has 0 bridgehead atoms. The fourth-order valence-corrected chi connectivity index (χ4v) is 3.89. The fraction of sp³-hybridized carbons (Fsp3) is 0.600. The van der Waals surface area contributed by atoms with Gasteiger partial charge in [0, 0.05) is 38.0 Å². The molecule has 5 nitrogen and oxygen atoms in total. The van der Waals surface area contributed by atoms with Gasteiger partial charge < -0.3 is 9.80 Å². The zero-order valence-corrected chi connectivity index (χ0v) is 15.2. The Morgan fingerprint density at radius 2 is 2.00 bits per heavy atom. The number of fused-ring (bicyclic) bond motifs is 1. The molecule has 25 heavy (non-hydrogen) atoms. The summed E-state index contributed by atoms with van der Waals surface area (Å²) < 4.78 is 1.99. The molecule has 1 aliphatic carbocycles. The third kappa shape index (κ3) is 3.87. The molecule has 0 atom stereocenters. The van der Waals surface area contributed by atoms with Gasteiger partial charge in [-0.25, -0.2) is 0 Å². The van der Waals surface area contributed by atoms with Crippen LogP contribution in [0.25, 0.3) is 10.9 Å². The molecule has 1 aromatic heterocycles. The first-order valence-electron chi connectivity index (χ1n) is 9.63. The Labute approximate surface area is 149 Å². The molecular formula is C20H28N4O. The van der Waals surface area contributed by atoms with Crippen molar-refractivity contribution in [3.05, 3.63) is 30.0 Å². The summed E-state index contributed by atoms with van der Waals surface area (Å²) in [7, 11) is 0. The van der Waals surface area contributed by atoms with E-state index in [4.69, 9.17) is 0 Å². The van der Waals surface area contributed by atoms with E-state index in [2.05, 4.69) is 27.0 Å². The van der Waals surface area contributed by atoms with Crippen molar-refractivity contribution in [3.8, 4) is 0 Å². The van der Waals surface area contributed by atoms with Crippen LogP contribution in [0.3, 0.4) is 0 Å². The van der Waals surface area contributed by atoms with E-state index in [9.17, 15) is 4.79 Å². The molecule has 1 saturated heterocycles. The van der Waals surface area contributed by atoms with Gasteiger partial charge in [0.15, 0.2) is 0 Å². The second kappa shape index (κ2) is 7.16. The monoisotopic (exact) mass is 340 g/mol. The maximum atomic E-state index is 12.7. The van der Waals surface area contributed by atoms with E-state index in [1.54, 1.807) is 0 Å². The van der Waals surface area contributed by atoms with Crippen molar-refractivity contribution in [2.45, 2.75) is 39.2 Å². The molecule has 1 amide bonds. The first kappa shape index (κ1) is 16.6. The lowest BCUT2D eigenvalue weighted by atomic mass is 10.2. The van der Waals surface area contributed by atoms with Crippen molar-refractivity contribution in [2.75, 3.05) is 32.7 Å². The molecule has 134 valence electrons. The summed E-state index contributed by atoms with van der Waals surface area (Å²) in [4.78, 5) is 17.3. The molecular weight excluding hydrogens is 312 g/mol. The van der Waals surface area contributed by atoms with Crippen LogP contribution in [0.15, 0.2) is 24.3 Å². The Morgan fingerprint density at radius 3 is 2.84 bits per heavy atom. The molecule has 2 fully saturated rings. The standard InChI is InChI=1S/C20H28N4O/c1-16-18-5-2-3-6-19(18)24(21-16)12-9-20(25)23-11-4-10-22(13-14-23)15-17-7-8-17/h2-3,5-6,17H,4,7-15H2,1H3. The molecule has 0 radical (unpaired) electrons. The number of aryl methyl sites for hydroxylation is 2. The summed E-state index contributed by atoms with van der Waals surface area (Å²) in [5.41, 5.74) is 2.16. The lowest BCUT2D eigenvalue weighted by Gasteiger charge is -2.22. The molecule has 0 N–H and O–H groups in total. The second-order valence-electron chi connectivity index (χ2n) is 7.55. The van der Waals surface area contributed by atoms with E-state index < -0.39 is 0 Å². The third-order valence-corrected chi connectivity index (χ3v) is 5.53. The molecule has 4 rings (SSSR count). The van der Waals surface area contributed by atoms with Crippen LogP contribution in [0.4, 0.5) is 0 Å². The van der Waals surface area contributed by atoms with Gasteiger partial charge in [0.05, 0.1) is 17.8 Å². The minimum absolute atomic E-state index is 0.269. The molecule has 1 aromatic carbocycles. The highest BCUT2D eigenvalue weighted by Gasteiger charge is 2.26. The van der Waals surface area contributed by atoms with Gasteiger partial charge >= 0.3 is 0 Å². The van der Waals surface area contributed by atoms with Gasteiger partial charge in [-0.15, -0.1) is 0 Å². The number of hydrogen-bond acceptors (Lipinski definition) is 3. The van der Waals surface area contributed by atoms with Crippen LogP contribution in [0, 0.1) is 12.8 Å². The SMILES string of the molecule is Cc1nn(CCC(=O)N2CCCN(CC3CC3)CC2)c2ccccc12. The average molecular weight is 340 g/mol. The van der Waals surface area contributed by atoms with E-state index in [0.717, 1.165) is 49.7 Å². The highest BCUT2D eigenvalue weighted by molar-refractivity contribution is 5.82. The van der Waals surface area contributed by atoms with Gasteiger partial charge in [-0.2, -0.15) is 5.10 Å². The van der Waals surface area contributed by atoms with Crippen LogP contribution >= 0.6 is 0 Å². The Kier molecular flexibility index (Phi) is 4.75. The topological polar surface area (TPSA) is 41.4 Å². The van der Waals surface area contributed by atoms with E-state index in [1.165, 1.54) is 24.8 Å². The van der Waals surface area contributed by atoms with Gasteiger partial charge in [0.2, 0.25) is 5.91 Å². The Balaban J connectivity index is 1.33. The lowest BCUT2D eigenvalue weighted by molar-refractivity contribution is -0.131. The predicted octanol–water partition coefficient (Wildman–Crippen LogP) is 2.68. The number of aromatic nitrogens is 2. The summed E-state index contributed by atoms with van der Waals surface area (Å²) in [5.74, 6) is 1.20. The molecule has 2 aliphatic rings. The smallest absolute Gasteiger partial charge is 0.224 e. The van der Waals surface area contributed by atoms with Gasteiger partial charge in [-0.1, -0.05) is 18.2 Å². The zero-order valence-electron chi connectivity index (χ0n) is 15.2. The summed E-state index contributed by atoms with van der Waals surface area (Å²) >= 11 is 0. The number of nitrogens with zero attached hydrogens (tertiary/aromatic N) is 4. The van der Waals surface area contributed by atoms with Crippen LogP contribution in [0.5, 0.6) is 0 Å². The third-order valence-electron chi connectivity index (χ3n) is 5.53. The van der Waals surface area contributed by atoms with Crippen molar-refractivity contribution in [1.82, 2.24) is 19.6 Å². The van der Waals surface area contributed by atoms with Crippen molar-refractivity contribution < 1.29 is 4.79 Å². The molecule has 5 heteroatoms. The van der Waals surface area contributed by atoms with Crippen LogP contribution < -0.4 is 0 Å². The van der Waals surface area contributed by atoms with Crippen LogP contribution in [-0.2, 0) is 11.3 Å². The number of rotatable bonds is 5. The van der Waals surface area contributed by atoms with Crippen molar-refractivity contribution in [1.29, 1.82) is 0 Å². The largest absolute Gasteiger partial charge is 0.341 e. The van der Waals surface area contributed by atoms with Gasteiger partial charge in [-0.3, -0.25) is 9.48 Å². The molecule has 2 aromatic rings. The molecule has 0 unspecified atom stereocenters. The van der Waals surface area contributed by atoms with E-state index in [-0.39, 0.29) is 5.91 Å². The zero-order chi connectivity index (χ0) is 17.2. The van der Waals surface area contributed by atoms with E-state index >= 15 is 0 Å². The summed E-state index contributed by atoms with van der Waals surface area (Å²) in [6, 6.07) is 8.25.